The summed E-state index contributed by atoms with van der Waals surface area (Å²) in [4.78, 5) is 0.247. The maximum atomic E-state index is 12.3. The predicted molar refractivity (Wildman–Crippen MR) is 80.2 cm³/mol. The first-order valence-electron chi connectivity index (χ1n) is 6.86. The van der Waals surface area contributed by atoms with Crippen LogP contribution >= 0.6 is 0 Å². The van der Waals surface area contributed by atoms with Gasteiger partial charge in [0.05, 0.1) is 4.90 Å². The highest BCUT2D eigenvalue weighted by Crippen LogP contribution is 2.17. The fourth-order valence-corrected chi connectivity index (χ4v) is 3.32. The summed E-state index contributed by atoms with van der Waals surface area (Å²) >= 11 is 0. The van der Waals surface area contributed by atoms with Gasteiger partial charge in [-0.25, -0.2) is 13.1 Å². The minimum Gasteiger partial charge on any atom is -0.492 e. The Bertz CT molecular complexity index is 498. The van der Waals surface area contributed by atoms with Gasteiger partial charge in [0.25, 0.3) is 0 Å². The summed E-state index contributed by atoms with van der Waals surface area (Å²) < 4.78 is 32.6. The van der Waals surface area contributed by atoms with E-state index in [1.165, 1.54) is 0 Å². The zero-order chi connectivity index (χ0) is 15.2. The van der Waals surface area contributed by atoms with Crippen molar-refractivity contribution in [2.75, 3.05) is 13.2 Å². The largest absolute Gasteiger partial charge is 0.492 e. The molecule has 0 spiro atoms. The van der Waals surface area contributed by atoms with Gasteiger partial charge in [0.15, 0.2) is 0 Å². The van der Waals surface area contributed by atoms with Crippen LogP contribution in [0.2, 0.25) is 0 Å². The Hall–Kier alpha value is -1.11. The summed E-state index contributed by atoms with van der Waals surface area (Å²) in [6.45, 7) is 6.81. The number of benzene rings is 1. The Labute approximate surface area is 121 Å². The van der Waals surface area contributed by atoms with Crippen LogP contribution in [-0.4, -0.2) is 27.6 Å². The fraction of sp³-hybridized carbons (Fsp3) is 0.571. The minimum absolute atomic E-state index is 0.0619. The molecule has 1 rings (SSSR count). The van der Waals surface area contributed by atoms with E-state index in [-0.39, 0.29) is 16.9 Å². The zero-order valence-electron chi connectivity index (χ0n) is 12.3. The summed E-state index contributed by atoms with van der Waals surface area (Å²) in [5, 5.41) is 0. The smallest absolute Gasteiger partial charge is 0.240 e. The van der Waals surface area contributed by atoms with Gasteiger partial charge in [-0.15, -0.1) is 0 Å². The van der Waals surface area contributed by atoms with E-state index in [1.807, 2.05) is 20.8 Å². The van der Waals surface area contributed by atoms with Gasteiger partial charge in [-0.2, -0.15) is 0 Å². The maximum absolute atomic E-state index is 12.3. The minimum atomic E-state index is -3.48. The van der Waals surface area contributed by atoms with E-state index in [2.05, 4.69) is 4.72 Å². The van der Waals surface area contributed by atoms with E-state index in [0.29, 0.717) is 18.9 Å². The summed E-state index contributed by atoms with van der Waals surface area (Å²) in [5.74, 6) is 0.868. The molecule has 0 radical (unpaired) electrons. The van der Waals surface area contributed by atoms with Gasteiger partial charge >= 0.3 is 0 Å². The average Bonchev–Trinajstić information content (AvgIpc) is 2.42. The molecule has 0 saturated heterocycles. The molecule has 0 heterocycles. The van der Waals surface area contributed by atoms with E-state index in [0.717, 1.165) is 6.42 Å². The third-order valence-electron chi connectivity index (χ3n) is 3.07. The Morgan fingerprint density at radius 3 is 2.30 bits per heavy atom. The van der Waals surface area contributed by atoms with Crippen molar-refractivity contribution in [2.45, 2.75) is 38.1 Å². The zero-order valence-corrected chi connectivity index (χ0v) is 13.1. The Kier molecular flexibility index (Phi) is 6.45. The number of nitrogens with two attached hydrogens (primary N) is 1. The van der Waals surface area contributed by atoms with E-state index in [1.54, 1.807) is 24.3 Å². The lowest BCUT2D eigenvalue weighted by Gasteiger charge is -2.20. The summed E-state index contributed by atoms with van der Waals surface area (Å²) in [7, 11) is -3.48. The lowest BCUT2D eigenvalue weighted by Crippen LogP contribution is -2.37. The van der Waals surface area contributed by atoms with E-state index >= 15 is 0 Å². The van der Waals surface area contributed by atoms with Crippen LogP contribution in [0.15, 0.2) is 29.2 Å². The number of sulfonamides is 1. The van der Waals surface area contributed by atoms with E-state index in [4.69, 9.17) is 10.5 Å². The Morgan fingerprint density at radius 1 is 1.25 bits per heavy atom. The van der Waals surface area contributed by atoms with Crippen molar-refractivity contribution in [3.05, 3.63) is 24.3 Å². The van der Waals surface area contributed by atoms with Crippen LogP contribution < -0.4 is 15.2 Å². The van der Waals surface area contributed by atoms with Gasteiger partial charge in [-0.05, 0) is 36.6 Å². The molecule has 0 bridgehead atoms. The van der Waals surface area contributed by atoms with Crippen LogP contribution in [0.5, 0.6) is 5.75 Å². The lowest BCUT2D eigenvalue weighted by molar-refractivity contribution is 0.328. The standard InChI is InChI=1S/C14H24N2O3S/c1-4-14(11(2)3)16-20(17,18)13-7-5-12(6-8-13)19-10-9-15/h5-8,11,14,16H,4,9-10,15H2,1-3H3. The van der Waals surface area contributed by atoms with Crippen LogP contribution in [-0.2, 0) is 10.0 Å². The maximum Gasteiger partial charge on any atom is 0.240 e. The molecule has 0 saturated carbocycles. The highest BCUT2D eigenvalue weighted by atomic mass is 32.2. The van der Waals surface area contributed by atoms with Gasteiger partial charge in [-0.1, -0.05) is 20.8 Å². The second-order valence-corrected chi connectivity index (χ2v) is 6.70. The van der Waals surface area contributed by atoms with E-state index in [9.17, 15) is 8.42 Å². The van der Waals surface area contributed by atoms with Crippen molar-refractivity contribution in [3.8, 4) is 5.75 Å². The first kappa shape index (κ1) is 16.9. The number of rotatable bonds is 8. The van der Waals surface area contributed by atoms with Gasteiger partial charge in [0, 0.05) is 12.6 Å². The number of hydrogen-bond donors (Lipinski definition) is 2. The molecular weight excluding hydrogens is 276 g/mol. The molecule has 0 aliphatic rings. The van der Waals surface area contributed by atoms with Crippen molar-refractivity contribution < 1.29 is 13.2 Å². The second kappa shape index (κ2) is 7.61. The van der Waals surface area contributed by atoms with E-state index < -0.39 is 10.0 Å². The summed E-state index contributed by atoms with van der Waals surface area (Å²) in [5.41, 5.74) is 5.34. The van der Waals surface area contributed by atoms with Crippen molar-refractivity contribution in [1.29, 1.82) is 0 Å². The monoisotopic (exact) mass is 300 g/mol. The molecule has 20 heavy (non-hydrogen) atoms. The van der Waals surface area contributed by atoms with Gasteiger partial charge in [0.1, 0.15) is 12.4 Å². The van der Waals surface area contributed by atoms with Crippen molar-refractivity contribution in [3.63, 3.8) is 0 Å². The summed E-state index contributed by atoms with van der Waals surface area (Å²) in [6, 6.07) is 6.30. The second-order valence-electron chi connectivity index (χ2n) is 4.99. The first-order chi connectivity index (χ1) is 9.40. The first-order valence-corrected chi connectivity index (χ1v) is 8.34. The van der Waals surface area contributed by atoms with Crippen LogP contribution in [0.1, 0.15) is 27.2 Å². The number of ether oxygens (including phenoxy) is 1. The normalized spacial score (nSPS) is 13.4. The average molecular weight is 300 g/mol. The van der Waals surface area contributed by atoms with Crippen LogP contribution in [0, 0.1) is 5.92 Å². The van der Waals surface area contributed by atoms with Gasteiger partial charge in [0.2, 0.25) is 10.0 Å². The molecule has 0 aliphatic carbocycles. The lowest BCUT2D eigenvalue weighted by atomic mass is 10.0. The highest BCUT2D eigenvalue weighted by molar-refractivity contribution is 7.89. The van der Waals surface area contributed by atoms with Crippen LogP contribution in [0.25, 0.3) is 0 Å². The van der Waals surface area contributed by atoms with Crippen LogP contribution in [0.4, 0.5) is 0 Å². The quantitative estimate of drug-likeness (QED) is 0.766. The molecule has 0 amide bonds. The van der Waals surface area contributed by atoms with Gasteiger partial charge in [-0.3, -0.25) is 0 Å². The van der Waals surface area contributed by atoms with Gasteiger partial charge < -0.3 is 10.5 Å². The molecule has 1 aromatic rings. The Balaban J connectivity index is 2.82. The highest BCUT2D eigenvalue weighted by Gasteiger charge is 2.21. The van der Waals surface area contributed by atoms with Crippen LogP contribution in [0.3, 0.4) is 0 Å². The molecule has 1 atom stereocenters. The molecule has 6 heteroatoms. The molecule has 0 aliphatic heterocycles. The SMILES string of the molecule is CCC(NS(=O)(=O)c1ccc(OCCN)cc1)C(C)C. The fourth-order valence-electron chi connectivity index (χ4n) is 1.85. The molecule has 0 fully saturated rings. The molecule has 3 N–H and O–H groups in total. The molecule has 114 valence electrons. The topological polar surface area (TPSA) is 81.4 Å². The molecule has 0 aromatic heterocycles. The third-order valence-corrected chi connectivity index (χ3v) is 4.58. The van der Waals surface area contributed by atoms with Crippen molar-refractivity contribution in [2.24, 2.45) is 11.7 Å². The third kappa shape index (κ3) is 4.77. The molecule has 5 nitrogen and oxygen atoms in total. The number of hydrogen-bond acceptors (Lipinski definition) is 4. The Morgan fingerprint density at radius 2 is 1.85 bits per heavy atom. The van der Waals surface area contributed by atoms with Crippen molar-refractivity contribution in [1.82, 2.24) is 4.72 Å². The molecular formula is C14H24N2O3S. The summed E-state index contributed by atoms with van der Waals surface area (Å²) in [6.07, 6.45) is 0.759. The molecule has 1 aromatic carbocycles. The van der Waals surface area contributed by atoms with Crippen molar-refractivity contribution >= 4 is 10.0 Å². The number of nitrogens with one attached hydrogen (secondary N) is 1. The predicted octanol–water partition coefficient (Wildman–Crippen LogP) is 1.74. The molecule has 1 unspecified atom stereocenters.